The summed E-state index contributed by atoms with van der Waals surface area (Å²) < 4.78 is 69.4. The van der Waals surface area contributed by atoms with Crippen LogP contribution in [0.5, 0.6) is 0 Å². The number of rotatable bonds is 14. The van der Waals surface area contributed by atoms with Gasteiger partial charge in [0.25, 0.3) is 10.1 Å². The molecule has 2 heterocycles. The van der Waals surface area contributed by atoms with Crippen molar-refractivity contribution in [2.45, 2.75) is 149 Å². The van der Waals surface area contributed by atoms with E-state index in [1.54, 1.807) is 0 Å². The lowest BCUT2D eigenvalue weighted by Gasteiger charge is -2.29. The van der Waals surface area contributed by atoms with Gasteiger partial charge in [-0.1, -0.05) is 52.0 Å². The molecule has 8 nitrogen and oxygen atoms in total. The minimum Gasteiger partial charge on any atom is -0.748 e. The van der Waals surface area contributed by atoms with Gasteiger partial charge in [-0.15, -0.1) is 0 Å². The Balaban J connectivity index is 1.26. The minimum atomic E-state index is -4.26. The molecule has 0 atom stereocenters. The first-order valence-electron chi connectivity index (χ1n) is 22.3. The van der Waals surface area contributed by atoms with Crippen molar-refractivity contribution in [3.63, 3.8) is 0 Å². The van der Waals surface area contributed by atoms with Gasteiger partial charge in [0, 0.05) is 53.2 Å². The number of unbranched alkanes of at least 4 members (excludes halogenated alkanes) is 2. The second-order valence-electron chi connectivity index (χ2n) is 19.0. The molecule has 2 aliphatic heterocycles. The summed E-state index contributed by atoms with van der Waals surface area (Å²) in [5.41, 5.74) is 17.3. The summed E-state index contributed by atoms with van der Waals surface area (Å²) in [4.78, 5) is 2.40. The number of hydrogen-bond donors (Lipinski definition) is 1. The highest BCUT2D eigenvalue weighted by molar-refractivity contribution is 7.85. The molecule has 0 saturated carbocycles. The molecule has 1 N–H and O–H groups in total. The van der Waals surface area contributed by atoms with Crippen molar-refractivity contribution < 1.29 is 30.5 Å². The highest BCUT2D eigenvalue weighted by Crippen LogP contribution is 2.52. The molecule has 2 aromatic rings. The first-order valence-corrected chi connectivity index (χ1v) is 25.5. The molecule has 0 spiro atoms. The predicted molar refractivity (Wildman–Crippen MR) is 240 cm³/mol. The zero-order valence-corrected chi connectivity index (χ0v) is 38.0. The maximum Gasteiger partial charge on any atom is 0.264 e. The summed E-state index contributed by atoms with van der Waals surface area (Å²) in [6.45, 7) is 15.3. The van der Waals surface area contributed by atoms with Crippen LogP contribution in [0.1, 0.15) is 146 Å². The number of allylic oxidation sites excluding steroid dienone is 8. The molecule has 0 saturated heterocycles. The summed E-state index contributed by atoms with van der Waals surface area (Å²) in [5.74, 6) is -0.246. The lowest BCUT2D eigenvalue weighted by Crippen LogP contribution is -2.29. The summed E-state index contributed by atoms with van der Waals surface area (Å²) in [5, 5.41) is 0. The minimum absolute atomic E-state index is 0.225. The van der Waals surface area contributed by atoms with E-state index in [9.17, 15) is 25.9 Å². The maximum atomic E-state index is 11.6. The van der Waals surface area contributed by atoms with E-state index in [-0.39, 0.29) is 22.3 Å². The van der Waals surface area contributed by atoms with Crippen LogP contribution in [0.25, 0.3) is 0 Å². The zero-order chi connectivity index (χ0) is 42.3. The Bertz CT molecular complexity index is 2360. The van der Waals surface area contributed by atoms with E-state index < -0.39 is 20.2 Å². The number of anilines is 1. The summed E-state index contributed by atoms with van der Waals surface area (Å²) in [7, 11) is -8.27. The molecule has 2 aromatic carbocycles. The van der Waals surface area contributed by atoms with Crippen molar-refractivity contribution in [2.75, 3.05) is 29.5 Å². The van der Waals surface area contributed by atoms with Crippen molar-refractivity contribution in [3.8, 4) is 0 Å². The van der Waals surface area contributed by atoms with Crippen LogP contribution in [0.2, 0.25) is 0 Å². The summed E-state index contributed by atoms with van der Waals surface area (Å²) in [6.07, 6.45) is 23.7. The number of hydrogen-bond acceptors (Lipinski definition) is 6. The van der Waals surface area contributed by atoms with Gasteiger partial charge in [-0.3, -0.25) is 4.55 Å². The molecule has 0 fully saturated rings. The second-order valence-corrected chi connectivity index (χ2v) is 22.1. The summed E-state index contributed by atoms with van der Waals surface area (Å²) >= 11 is 0. The van der Waals surface area contributed by atoms with Crippen LogP contribution < -0.4 is 4.90 Å². The topological polar surface area (TPSA) is 118 Å². The van der Waals surface area contributed by atoms with Crippen LogP contribution in [-0.2, 0) is 56.7 Å². The number of fused-ring (bicyclic) bond motifs is 6. The fourth-order valence-corrected chi connectivity index (χ4v) is 12.4. The Kier molecular flexibility index (Phi) is 12.8. The second kappa shape index (κ2) is 17.2. The molecule has 0 unspecified atom stereocenters. The fourth-order valence-electron chi connectivity index (χ4n) is 11.2. The van der Waals surface area contributed by atoms with Gasteiger partial charge in [0.05, 0.1) is 21.3 Å². The van der Waals surface area contributed by atoms with E-state index in [4.69, 9.17) is 0 Å². The van der Waals surface area contributed by atoms with Gasteiger partial charge in [0.15, 0.2) is 5.71 Å². The smallest absolute Gasteiger partial charge is 0.264 e. The van der Waals surface area contributed by atoms with Crippen molar-refractivity contribution in [3.05, 3.63) is 104 Å². The third-order valence-electron chi connectivity index (χ3n) is 13.8. The first kappa shape index (κ1) is 43.8. The highest BCUT2D eigenvalue weighted by atomic mass is 32.2. The molecule has 320 valence electrons. The van der Waals surface area contributed by atoms with E-state index in [0.717, 1.165) is 44.9 Å². The summed E-state index contributed by atoms with van der Waals surface area (Å²) in [6, 6.07) is 9.17. The first-order chi connectivity index (χ1) is 27.9. The van der Waals surface area contributed by atoms with E-state index >= 15 is 0 Å². The third kappa shape index (κ3) is 9.17. The van der Waals surface area contributed by atoms with E-state index in [2.05, 4.69) is 99.6 Å². The van der Waals surface area contributed by atoms with Gasteiger partial charge >= 0.3 is 0 Å². The Hall–Kier alpha value is -3.31. The average molecular weight is 843 g/mol. The number of aryl methyl sites for hydroxylation is 2. The quantitative estimate of drug-likeness (QED) is 0.114. The maximum absolute atomic E-state index is 11.6. The number of benzene rings is 2. The Morgan fingerprint density at radius 3 is 2.05 bits per heavy atom. The van der Waals surface area contributed by atoms with Crippen LogP contribution >= 0.6 is 0 Å². The monoisotopic (exact) mass is 842 g/mol. The standard InChI is InChI=1S/C49H66N2O6S2/c1-34(2)45-37(24-28-43-48(3,4)46-39-20-9-7-16-35(39)22-26-41(46)50(43)30-11-13-32-58(52,53)54)18-15-19-38(45)25-29-44-49(5,6)47-40-21-10-8-17-36(40)23-27-42(47)51(44)31-12-14-33-59(55,56)57/h22-29,34H,7-21,30-33H2,1-6H3,(H-,52,53,54,55,56,57). The van der Waals surface area contributed by atoms with Crippen molar-refractivity contribution in [1.29, 1.82) is 0 Å². The largest absolute Gasteiger partial charge is 0.748 e. The molecule has 0 aromatic heterocycles. The molecule has 5 aliphatic rings. The Morgan fingerprint density at radius 1 is 0.746 bits per heavy atom. The number of nitrogens with zero attached hydrogens (tertiary/aromatic N) is 2. The van der Waals surface area contributed by atoms with Gasteiger partial charge < -0.3 is 9.45 Å². The van der Waals surface area contributed by atoms with E-state index in [0.29, 0.717) is 44.7 Å². The van der Waals surface area contributed by atoms with Crippen LogP contribution in [0.15, 0.2) is 71.0 Å². The third-order valence-corrected chi connectivity index (χ3v) is 15.4. The molecule has 59 heavy (non-hydrogen) atoms. The molecule has 0 bridgehead atoms. The van der Waals surface area contributed by atoms with Gasteiger partial charge in [0.2, 0.25) is 5.69 Å². The molecule has 0 radical (unpaired) electrons. The van der Waals surface area contributed by atoms with E-state index in [1.807, 2.05) is 0 Å². The molecule has 3 aliphatic carbocycles. The van der Waals surface area contributed by atoms with E-state index in [1.165, 1.54) is 98.6 Å². The normalized spacial score (nSPS) is 21.5. The van der Waals surface area contributed by atoms with Crippen LogP contribution in [-0.4, -0.2) is 60.8 Å². The zero-order valence-electron chi connectivity index (χ0n) is 36.3. The average Bonchev–Trinajstić information content (AvgIpc) is 3.53. The molecule has 10 heteroatoms. The lowest BCUT2D eigenvalue weighted by atomic mass is 9.74. The van der Waals surface area contributed by atoms with Crippen molar-refractivity contribution in [1.82, 2.24) is 0 Å². The Morgan fingerprint density at radius 2 is 1.39 bits per heavy atom. The van der Waals surface area contributed by atoms with Crippen molar-refractivity contribution in [2.24, 2.45) is 5.92 Å². The van der Waals surface area contributed by atoms with Gasteiger partial charge in [-0.2, -0.15) is 13.0 Å². The molecular formula is C49H66N2O6S2. The molecule has 0 amide bonds. The highest BCUT2D eigenvalue weighted by Gasteiger charge is 2.47. The van der Waals surface area contributed by atoms with Gasteiger partial charge in [-0.05, 0) is 166 Å². The SMILES string of the molecule is CC(C)C1=C(/C=C/C2=[N+](CCCCS(=O)(=O)O)c3ccc4c(c3C2(C)C)CCCC4)CCC/C1=C\C=C1\N(CCCCS(=O)(=O)[O-])c2ccc3c(c2C1(C)C)CCCC3. The van der Waals surface area contributed by atoms with Crippen LogP contribution in [0.3, 0.4) is 0 Å². The van der Waals surface area contributed by atoms with Crippen LogP contribution in [0, 0.1) is 5.92 Å². The molecular weight excluding hydrogens is 777 g/mol. The lowest BCUT2D eigenvalue weighted by molar-refractivity contribution is -0.438. The fraction of sp³-hybridized carbons (Fsp3) is 0.571. The van der Waals surface area contributed by atoms with Gasteiger partial charge in [-0.25, -0.2) is 8.42 Å². The molecule has 7 rings (SSSR count). The Labute approximate surface area is 354 Å². The van der Waals surface area contributed by atoms with Gasteiger partial charge in [0.1, 0.15) is 6.54 Å². The predicted octanol–water partition coefficient (Wildman–Crippen LogP) is 10.1. The van der Waals surface area contributed by atoms with Crippen LogP contribution in [0.4, 0.5) is 11.4 Å². The van der Waals surface area contributed by atoms with Crippen molar-refractivity contribution >= 4 is 37.3 Å².